The monoisotopic (exact) mass is 279 g/mol. The second-order valence-electron chi connectivity index (χ2n) is 5.20. The topological polar surface area (TPSA) is 74.2 Å². The second-order valence-corrected chi connectivity index (χ2v) is 5.61. The number of nitrogens with two attached hydrogens (primary N) is 1. The van der Waals surface area contributed by atoms with Gasteiger partial charge >= 0.3 is 0 Å². The third-order valence-electron chi connectivity index (χ3n) is 3.02. The summed E-state index contributed by atoms with van der Waals surface area (Å²) in [5.41, 5.74) is 7.10. The van der Waals surface area contributed by atoms with E-state index in [0.717, 1.165) is 23.3 Å². The van der Waals surface area contributed by atoms with Crippen LogP contribution in [0.1, 0.15) is 25.3 Å². The number of fused-ring (bicyclic) bond motifs is 1. The van der Waals surface area contributed by atoms with E-state index in [0.29, 0.717) is 16.7 Å². The van der Waals surface area contributed by atoms with E-state index in [1.54, 1.807) is 6.07 Å². The molecule has 0 bridgehead atoms. The number of hydrogen-bond donors (Lipinski definition) is 1. The van der Waals surface area contributed by atoms with Gasteiger partial charge in [0.25, 0.3) is 0 Å². The van der Waals surface area contributed by atoms with Gasteiger partial charge < -0.3 is 15.0 Å². The zero-order chi connectivity index (χ0) is 13.6. The Balaban J connectivity index is 2.04. The molecule has 0 saturated carbocycles. The van der Waals surface area contributed by atoms with Crippen LogP contribution in [0, 0.1) is 0 Å². The first kappa shape index (κ1) is 12.4. The lowest BCUT2D eigenvalue weighted by Gasteiger charge is -2.17. The summed E-state index contributed by atoms with van der Waals surface area (Å²) in [5, 5.41) is 4.46. The molecule has 2 heterocycles. The van der Waals surface area contributed by atoms with Gasteiger partial charge in [0.15, 0.2) is 0 Å². The lowest BCUT2D eigenvalue weighted by atomic mass is 10.00. The molecule has 19 heavy (non-hydrogen) atoms. The maximum absolute atomic E-state index is 6.26. The van der Waals surface area contributed by atoms with E-state index < -0.39 is 0 Å². The smallest absolute Gasteiger partial charge is 0.240 e. The maximum atomic E-state index is 6.26. The van der Waals surface area contributed by atoms with Crippen molar-refractivity contribution in [2.45, 2.75) is 32.4 Å². The molecule has 1 aliphatic heterocycles. The number of ether oxygens (including phenoxy) is 1. The van der Waals surface area contributed by atoms with E-state index in [1.807, 2.05) is 19.9 Å². The maximum Gasteiger partial charge on any atom is 0.240 e. The van der Waals surface area contributed by atoms with Gasteiger partial charge in [-0.25, -0.2) is 0 Å². The first-order valence-corrected chi connectivity index (χ1v) is 6.41. The van der Waals surface area contributed by atoms with Gasteiger partial charge in [-0.3, -0.25) is 0 Å². The van der Waals surface area contributed by atoms with Crippen molar-refractivity contribution >= 4 is 11.6 Å². The molecule has 0 aliphatic carbocycles. The summed E-state index contributed by atoms with van der Waals surface area (Å²) >= 11 is 6.26. The van der Waals surface area contributed by atoms with E-state index >= 15 is 0 Å². The van der Waals surface area contributed by atoms with Crippen molar-refractivity contribution in [3.05, 3.63) is 28.6 Å². The molecule has 1 aromatic carbocycles. The van der Waals surface area contributed by atoms with Gasteiger partial charge in [0.1, 0.15) is 11.4 Å². The minimum Gasteiger partial charge on any atom is -0.486 e. The van der Waals surface area contributed by atoms with E-state index in [2.05, 4.69) is 10.1 Å². The molecular weight excluding hydrogens is 266 g/mol. The van der Waals surface area contributed by atoms with Crippen LogP contribution in [0.15, 0.2) is 16.7 Å². The summed E-state index contributed by atoms with van der Waals surface area (Å²) < 4.78 is 10.8. The number of halogens is 1. The van der Waals surface area contributed by atoms with Crippen LogP contribution >= 0.6 is 11.6 Å². The third kappa shape index (κ3) is 2.19. The number of rotatable bonds is 2. The third-order valence-corrected chi connectivity index (χ3v) is 3.30. The lowest BCUT2D eigenvalue weighted by Crippen LogP contribution is -2.24. The van der Waals surface area contributed by atoms with Crippen molar-refractivity contribution in [1.29, 1.82) is 0 Å². The Morgan fingerprint density at radius 2 is 2.21 bits per heavy atom. The molecule has 2 aromatic rings. The Bertz CT molecular complexity index is 637. The van der Waals surface area contributed by atoms with Crippen LogP contribution in [0.5, 0.6) is 5.75 Å². The van der Waals surface area contributed by atoms with Gasteiger partial charge in [-0.1, -0.05) is 16.8 Å². The van der Waals surface area contributed by atoms with Crippen molar-refractivity contribution in [2.24, 2.45) is 5.73 Å². The molecule has 0 fully saturated rings. The lowest BCUT2D eigenvalue weighted by molar-refractivity contribution is 0.138. The number of benzene rings is 1. The molecule has 100 valence electrons. The summed E-state index contributed by atoms with van der Waals surface area (Å²) in [4.78, 5) is 4.20. The quantitative estimate of drug-likeness (QED) is 0.914. The van der Waals surface area contributed by atoms with Crippen molar-refractivity contribution < 1.29 is 9.26 Å². The minimum atomic E-state index is -0.232. The summed E-state index contributed by atoms with van der Waals surface area (Å²) in [5.74, 6) is 1.65. The first-order valence-electron chi connectivity index (χ1n) is 6.03. The Hall–Kier alpha value is -1.59. The average molecular weight is 280 g/mol. The Labute approximate surface area is 115 Å². The fourth-order valence-electron chi connectivity index (χ4n) is 2.25. The van der Waals surface area contributed by atoms with E-state index in [9.17, 15) is 0 Å². The first-order chi connectivity index (χ1) is 8.98. The molecule has 0 unspecified atom stereocenters. The second kappa shape index (κ2) is 4.21. The molecule has 5 nitrogen and oxygen atoms in total. The van der Waals surface area contributed by atoms with Gasteiger partial charge in [0.05, 0.1) is 11.6 Å². The Morgan fingerprint density at radius 3 is 2.89 bits per heavy atom. The Kier molecular flexibility index (Phi) is 2.76. The molecule has 0 radical (unpaired) electrons. The molecule has 6 heteroatoms. The summed E-state index contributed by atoms with van der Waals surface area (Å²) in [7, 11) is 0. The van der Waals surface area contributed by atoms with E-state index in [4.69, 9.17) is 26.6 Å². The highest BCUT2D eigenvalue weighted by Crippen LogP contribution is 2.42. The van der Waals surface area contributed by atoms with Gasteiger partial charge in [0, 0.05) is 17.5 Å². The summed E-state index contributed by atoms with van der Waals surface area (Å²) in [6, 6.07) is 3.77. The van der Waals surface area contributed by atoms with Crippen LogP contribution in [-0.2, 0) is 13.0 Å². The highest BCUT2D eigenvalue weighted by atomic mass is 35.5. The highest BCUT2D eigenvalue weighted by Gasteiger charge is 2.32. The fraction of sp³-hybridized carbons (Fsp3) is 0.385. The normalized spacial score (nSPS) is 16.2. The summed E-state index contributed by atoms with van der Waals surface area (Å²) in [6.07, 6.45) is 0.803. The molecule has 0 amide bonds. The average Bonchev–Trinajstić information content (AvgIpc) is 2.91. The molecule has 0 saturated heterocycles. The van der Waals surface area contributed by atoms with E-state index in [-0.39, 0.29) is 12.1 Å². The number of hydrogen-bond acceptors (Lipinski definition) is 5. The molecular formula is C13H14ClN3O2. The molecule has 0 spiro atoms. The van der Waals surface area contributed by atoms with Gasteiger partial charge in [0.2, 0.25) is 11.7 Å². The Morgan fingerprint density at radius 1 is 1.42 bits per heavy atom. The van der Waals surface area contributed by atoms with Crippen LogP contribution in [0.25, 0.3) is 11.4 Å². The highest BCUT2D eigenvalue weighted by molar-refractivity contribution is 6.32. The molecule has 1 aromatic heterocycles. The molecule has 3 rings (SSSR count). The zero-order valence-electron chi connectivity index (χ0n) is 10.7. The fourth-order valence-corrected chi connectivity index (χ4v) is 2.53. The standard InChI is InChI=1S/C13H14ClN3O2/c1-13(2)5-8-3-7(4-9(14)11(8)18-13)12-16-10(6-15)19-17-12/h3-4H,5-6,15H2,1-2H3. The van der Waals surface area contributed by atoms with Crippen LogP contribution < -0.4 is 10.5 Å². The van der Waals surface area contributed by atoms with Crippen LogP contribution in [0.4, 0.5) is 0 Å². The largest absolute Gasteiger partial charge is 0.486 e. The van der Waals surface area contributed by atoms with Gasteiger partial charge in [-0.15, -0.1) is 0 Å². The van der Waals surface area contributed by atoms with Crippen molar-refractivity contribution in [2.75, 3.05) is 0 Å². The predicted molar refractivity (Wildman–Crippen MR) is 71.0 cm³/mol. The van der Waals surface area contributed by atoms with Crippen molar-refractivity contribution in [3.63, 3.8) is 0 Å². The minimum absolute atomic E-state index is 0.224. The molecule has 1 aliphatic rings. The predicted octanol–water partition coefficient (Wildman–Crippen LogP) is 2.56. The van der Waals surface area contributed by atoms with Gasteiger partial charge in [-0.2, -0.15) is 4.98 Å². The van der Waals surface area contributed by atoms with Crippen LogP contribution in [-0.4, -0.2) is 15.7 Å². The summed E-state index contributed by atoms with van der Waals surface area (Å²) in [6.45, 7) is 4.29. The van der Waals surface area contributed by atoms with Crippen LogP contribution in [0.2, 0.25) is 5.02 Å². The van der Waals surface area contributed by atoms with Crippen LogP contribution in [0.3, 0.4) is 0 Å². The van der Waals surface area contributed by atoms with Gasteiger partial charge in [-0.05, 0) is 26.0 Å². The number of aromatic nitrogens is 2. The molecule has 0 atom stereocenters. The van der Waals surface area contributed by atoms with E-state index in [1.165, 1.54) is 0 Å². The SMILES string of the molecule is CC1(C)Cc2cc(-c3noc(CN)n3)cc(Cl)c2O1. The van der Waals surface area contributed by atoms with Crippen molar-refractivity contribution in [3.8, 4) is 17.1 Å². The number of nitrogens with zero attached hydrogens (tertiary/aromatic N) is 2. The zero-order valence-corrected chi connectivity index (χ0v) is 11.5. The molecule has 2 N–H and O–H groups in total. The van der Waals surface area contributed by atoms with Crippen molar-refractivity contribution in [1.82, 2.24) is 10.1 Å².